The third-order valence-corrected chi connectivity index (χ3v) is 3.82. The predicted octanol–water partition coefficient (Wildman–Crippen LogP) is 3.13. The van der Waals surface area contributed by atoms with Crippen LogP contribution in [-0.4, -0.2) is 41.7 Å². The first-order valence-electron chi connectivity index (χ1n) is 7.29. The fourth-order valence-corrected chi connectivity index (χ4v) is 2.58. The van der Waals surface area contributed by atoms with Crippen LogP contribution in [0.2, 0.25) is 0 Å². The van der Waals surface area contributed by atoms with Gasteiger partial charge in [0, 0.05) is 19.0 Å². The van der Waals surface area contributed by atoms with Crippen molar-refractivity contribution in [3.63, 3.8) is 0 Å². The number of carboxylic acids is 1. The first-order valence-corrected chi connectivity index (χ1v) is 7.29. The maximum atomic E-state index is 10.5. The average molecular weight is 314 g/mol. The van der Waals surface area contributed by atoms with Gasteiger partial charge < -0.3 is 9.84 Å². The molecule has 4 nitrogen and oxygen atoms in total. The van der Waals surface area contributed by atoms with Gasteiger partial charge in [-0.15, -0.1) is 12.4 Å². The summed E-state index contributed by atoms with van der Waals surface area (Å²) in [7, 11) is 0. The van der Waals surface area contributed by atoms with Crippen LogP contribution in [0.4, 0.5) is 0 Å². The summed E-state index contributed by atoms with van der Waals surface area (Å²) >= 11 is 0. The normalized spacial score (nSPS) is 22.5. The van der Waals surface area contributed by atoms with Gasteiger partial charge in [-0.3, -0.25) is 9.69 Å². The molecule has 2 rings (SSSR count). The summed E-state index contributed by atoms with van der Waals surface area (Å²) in [5.41, 5.74) is 1.22. The number of hydrogen-bond acceptors (Lipinski definition) is 3. The molecule has 1 saturated heterocycles. The van der Waals surface area contributed by atoms with Crippen LogP contribution in [0.25, 0.3) is 0 Å². The van der Waals surface area contributed by atoms with Crippen molar-refractivity contribution in [3.8, 4) is 0 Å². The lowest BCUT2D eigenvalue weighted by molar-refractivity contribution is -0.137. The maximum Gasteiger partial charge on any atom is 0.303 e. The largest absolute Gasteiger partial charge is 0.481 e. The summed E-state index contributed by atoms with van der Waals surface area (Å²) in [5, 5.41) is 8.66. The quantitative estimate of drug-likeness (QED) is 0.820. The van der Waals surface area contributed by atoms with Crippen molar-refractivity contribution in [3.05, 3.63) is 35.9 Å². The smallest absolute Gasteiger partial charge is 0.303 e. The van der Waals surface area contributed by atoms with Gasteiger partial charge in [-0.2, -0.15) is 0 Å². The molecule has 1 N–H and O–H groups in total. The van der Waals surface area contributed by atoms with Crippen LogP contribution in [0.1, 0.15) is 37.9 Å². The standard InChI is InChI=1S/C16H23NO3.ClH/c1-13-12-20-15(14-7-3-2-4-8-14)11-17(13)10-6-5-9-16(18)19;/h2-4,7-8,13,15H,5-6,9-12H2,1H3,(H,18,19);1H. The fourth-order valence-electron chi connectivity index (χ4n) is 2.58. The number of hydrogen-bond donors (Lipinski definition) is 1. The van der Waals surface area contributed by atoms with Crippen LogP contribution in [0, 0.1) is 0 Å². The van der Waals surface area contributed by atoms with Crippen molar-refractivity contribution in [2.45, 2.75) is 38.3 Å². The Balaban J connectivity index is 0.00000220. The van der Waals surface area contributed by atoms with Gasteiger partial charge in [0.1, 0.15) is 0 Å². The highest BCUT2D eigenvalue weighted by molar-refractivity contribution is 5.85. The molecule has 1 aliphatic heterocycles. The van der Waals surface area contributed by atoms with Gasteiger partial charge in [0.2, 0.25) is 0 Å². The number of nitrogens with zero attached hydrogens (tertiary/aromatic N) is 1. The van der Waals surface area contributed by atoms with E-state index in [4.69, 9.17) is 9.84 Å². The van der Waals surface area contributed by atoms with Gasteiger partial charge in [0.05, 0.1) is 12.7 Å². The van der Waals surface area contributed by atoms with Gasteiger partial charge >= 0.3 is 5.97 Å². The molecule has 1 fully saturated rings. The number of morpholine rings is 1. The van der Waals surface area contributed by atoms with Crippen molar-refractivity contribution < 1.29 is 14.6 Å². The zero-order valence-electron chi connectivity index (χ0n) is 12.4. The molecule has 0 bridgehead atoms. The molecule has 1 aromatic rings. The van der Waals surface area contributed by atoms with Gasteiger partial charge in [-0.05, 0) is 31.9 Å². The van der Waals surface area contributed by atoms with E-state index in [1.807, 2.05) is 18.2 Å². The molecule has 0 aromatic heterocycles. The Morgan fingerprint density at radius 1 is 1.33 bits per heavy atom. The Kier molecular flexibility index (Phi) is 7.72. The highest BCUT2D eigenvalue weighted by atomic mass is 35.5. The molecule has 21 heavy (non-hydrogen) atoms. The van der Waals surface area contributed by atoms with E-state index in [1.54, 1.807) is 0 Å². The highest BCUT2D eigenvalue weighted by Crippen LogP contribution is 2.24. The summed E-state index contributed by atoms with van der Waals surface area (Å²) in [6.45, 7) is 4.73. The molecule has 0 aliphatic carbocycles. The number of unbranched alkanes of at least 4 members (excludes halogenated alkanes) is 1. The SMILES string of the molecule is CC1COC(c2ccccc2)CN1CCCCC(=O)O.Cl. The third-order valence-electron chi connectivity index (χ3n) is 3.82. The Morgan fingerprint density at radius 2 is 2.05 bits per heavy atom. The maximum absolute atomic E-state index is 10.5. The predicted molar refractivity (Wildman–Crippen MR) is 84.9 cm³/mol. The van der Waals surface area contributed by atoms with E-state index in [0.29, 0.717) is 6.04 Å². The zero-order chi connectivity index (χ0) is 14.4. The van der Waals surface area contributed by atoms with Gasteiger partial charge in [0.15, 0.2) is 0 Å². The molecule has 1 heterocycles. The minimum atomic E-state index is -0.706. The Hall–Kier alpha value is -1.10. The molecule has 118 valence electrons. The second-order valence-electron chi connectivity index (χ2n) is 5.43. The van der Waals surface area contributed by atoms with E-state index in [0.717, 1.165) is 32.5 Å². The Labute approximate surface area is 132 Å². The molecule has 0 spiro atoms. The molecular formula is C16H24ClNO3. The molecule has 0 amide bonds. The summed E-state index contributed by atoms with van der Waals surface area (Å²) < 4.78 is 5.92. The van der Waals surface area contributed by atoms with Gasteiger partial charge in [-0.1, -0.05) is 30.3 Å². The molecule has 1 aromatic carbocycles. The Bertz CT molecular complexity index is 427. The molecule has 5 heteroatoms. The molecule has 0 saturated carbocycles. The van der Waals surface area contributed by atoms with Crippen LogP contribution in [0.3, 0.4) is 0 Å². The third kappa shape index (κ3) is 5.65. The number of carboxylic acid groups (broad SMARTS) is 1. The minimum absolute atomic E-state index is 0. The van der Waals surface area contributed by atoms with Crippen molar-refractivity contribution in [2.24, 2.45) is 0 Å². The lowest BCUT2D eigenvalue weighted by Gasteiger charge is -2.38. The first-order chi connectivity index (χ1) is 9.66. The molecule has 2 unspecified atom stereocenters. The molecule has 1 aliphatic rings. The van der Waals surface area contributed by atoms with E-state index in [2.05, 4.69) is 24.0 Å². The molecule has 2 atom stereocenters. The number of carbonyl (C=O) groups is 1. The van der Waals surface area contributed by atoms with Crippen LogP contribution in [0.15, 0.2) is 30.3 Å². The van der Waals surface area contributed by atoms with E-state index in [-0.39, 0.29) is 24.9 Å². The number of benzene rings is 1. The topological polar surface area (TPSA) is 49.8 Å². The highest BCUT2D eigenvalue weighted by Gasteiger charge is 2.26. The summed E-state index contributed by atoms with van der Waals surface area (Å²) in [6.07, 6.45) is 2.07. The van der Waals surface area contributed by atoms with Crippen molar-refractivity contribution in [2.75, 3.05) is 19.7 Å². The summed E-state index contributed by atoms with van der Waals surface area (Å²) in [5.74, 6) is -0.706. The number of ether oxygens (including phenoxy) is 1. The van der Waals surface area contributed by atoms with E-state index in [1.165, 1.54) is 5.56 Å². The molecular weight excluding hydrogens is 290 g/mol. The van der Waals surface area contributed by atoms with Crippen LogP contribution < -0.4 is 0 Å². The van der Waals surface area contributed by atoms with E-state index < -0.39 is 5.97 Å². The van der Waals surface area contributed by atoms with Gasteiger partial charge in [0.25, 0.3) is 0 Å². The average Bonchev–Trinajstić information content (AvgIpc) is 2.46. The second-order valence-corrected chi connectivity index (χ2v) is 5.43. The van der Waals surface area contributed by atoms with Crippen LogP contribution >= 0.6 is 12.4 Å². The first kappa shape index (κ1) is 18.0. The second kappa shape index (κ2) is 9.03. The van der Waals surface area contributed by atoms with E-state index >= 15 is 0 Å². The number of aliphatic carboxylic acids is 1. The lowest BCUT2D eigenvalue weighted by atomic mass is 10.1. The number of rotatable bonds is 6. The van der Waals surface area contributed by atoms with Crippen molar-refractivity contribution in [1.29, 1.82) is 0 Å². The Morgan fingerprint density at radius 3 is 2.71 bits per heavy atom. The minimum Gasteiger partial charge on any atom is -0.481 e. The van der Waals surface area contributed by atoms with Crippen LogP contribution in [-0.2, 0) is 9.53 Å². The van der Waals surface area contributed by atoms with Crippen molar-refractivity contribution in [1.82, 2.24) is 4.90 Å². The zero-order valence-corrected chi connectivity index (χ0v) is 13.2. The van der Waals surface area contributed by atoms with Crippen LogP contribution in [0.5, 0.6) is 0 Å². The molecule has 0 radical (unpaired) electrons. The summed E-state index contributed by atoms with van der Waals surface area (Å²) in [4.78, 5) is 12.9. The van der Waals surface area contributed by atoms with Gasteiger partial charge in [-0.25, -0.2) is 0 Å². The number of halogens is 1. The monoisotopic (exact) mass is 313 g/mol. The summed E-state index contributed by atoms with van der Waals surface area (Å²) in [6, 6.07) is 10.7. The lowest BCUT2D eigenvalue weighted by Crippen LogP contribution is -2.45. The fraction of sp³-hybridized carbons (Fsp3) is 0.562. The van der Waals surface area contributed by atoms with Crippen molar-refractivity contribution >= 4 is 18.4 Å². The van der Waals surface area contributed by atoms with E-state index in [9.17, 15) is 4.79 Å².